The molecule has 1 aliphatic heterocycles. The van der Waals surface area contributed by atoms with Gasteiger partial charge in [-0.2, -0.15) is 4.31 Å². The minimum Gasteiger partial charge on any atom is -0.465 e. The first-order valence-corrected chi connectivity index (χ1v) is 7.50. The zero-order valence-electron chi connectivity index (χ0n) is 10.9. The summed E-state index contributed by atoms with van der Waals surface area (Å²) in [5, 5.41) is 8.83. The number of rotatable bonds is 2. The summed E-state index contributed by atoms with van der Waals surface area (Å²) in [4.78, 5) is 11.9. The summed E-state index contributed by atoms with van der Waals surface area (Å²) in [7, 11) is -3.79. The highest BCUT2D eigenvalue weighted by Gasteiger charge is 2.31. The van der Waals surface area contributed by atoms with Crippen molar-refractivity contribution < 1.29 is 22.7 Å². The highest BCUT2D eigenvalue weighted by atomic mass is 32.2. The van der Waals surface area contributed by atoms with E-state index >= 15 is 0 Å². The average Bonchev–Trinajstić information content (AvgIpc) is 2.41. The molecule has 6 nitrogen and oxygen atoms in total. The van der Waals surface area contributed by atoms with Crippen LogP contribution in [-0.2, 0) is 10.0 Å². The number of sulfonamides is 1. The zero-order chi connectivity index (χ0) is 14.9. The normalized spacial score (nSPS) is 17.2. The molecule has 1 aliphatic rings. The van der Waals surface area contributed by atoms with E-state index in [1.165, 1.54) is 16.4 Å². The van der Waals surface area contributed by atoms with Crippen LogP contribution < -0.4 is 0 Å². The van der Waals surface area contributed by atoms with Gasteiger partial charge in [0.05, 0.1) is 4.90 Å². The van der Waals surface area contributed by atoms with Crippen molar-refractivity contribution >= 4 is 16.1 Å². The number of nitrogens with zero attached hydrogens (tertiary/aromatic N) is 2. The molecule has 0 bridgehead atoms. The molecule has 2 rings (SSSR count). The van der Waals surface area contributed by atoms with Crippen LogP contribution in [0.4, 0.5) is 9.18 Å². The Hall–Kier alpha value is -1.67. The van der Waals surface area contributed by atoms with Crippen molar-refractivity contribution in [2.45, 2.75) is 11.8 Å². The van der Waals surface area contributed by atoms with Crippen LogP contribution in [0.1, 0.15) is 5.56 Å². The molecule has 1 fully saturated rings. The fourth-order valence-electron chi connectivity index (χ4n) is 2.11. The summed E-state index contributed by atoms with van der Waals surface area (Å²) in [6, 6.07) is 3.61. The number of piperazine rings is 1. The minimum absolute atomic E-state index is 0.0683. The number of hydrogen-bond donors (Lipinski definition) is 1. The first kappa shape index (κ1) is 14.7. The van der Waals surface area contributed by atoms with Gasteiger partial charge in [-0.15, -0.1) is 0 Å². The minimum atomic E-state index is -3.79. The van der Waals surface area contributed by atoms with Gasteiger partial charge in [0.2, 0.25) is 10.0 Å². The molecule has 0 atom stereocenters. The lowest BCUT2D eigenvalue weighted by Crippen LogP contribution is -2.50. The molecule has 0 spiro atoms. The Labute approximate surface area is 116 Å². The van der Waals surface area contributed by atoms with Crippen LogP contribution in [-0.4, -0.2) is 55.0 Å². The highest BCUT2D eigenvalue weighted by molar-refractivity contribution is 7.89. The van der Waals surface area contributed by atoms with Gasteiger partial charge in [0.1, 0.15) is 5.82 Å². The van der Waals surface area contributed by atoms with Gasteiger partial charge in [-0.25, -0.2) is 17.6 Å². The van der Waals surface area contributed by atoms with Crippen molar-refractivity contribution in [3.05, 3.63) is 29.6 Å². The number of carboxylic acid groups (broad SMARTS) is 1. The van der Waals surface area contributed by atoms with Crippen LogP contribution in [0.15, 0.2) is 23.1 Å². The van der Waals surface area contributed by atoms with Gasteiger partial charge in [0.15, 0.2) is 0 Å². The highest BCUT2D eigenvalue weighted by Crippen LogP contribution is 2.22. The van der Waals surface area contributed by atoms with Crippen molar-refractivity contribution in [3.63, 3.8) is 0 Å². The number of aryl methyl sites for hydroxylation is 1. The van der Waals surface area contributed by atoms with Gasteiger partial charge in [0.25, 0.3) is 0 Å². The summed E-state index contributed by atoms with van der Waals surface area (Å²) in [5.74, 6) is -0.613. The molecule has 0 radical (unpaired) electrons. The topological polar surface area (TPSA) is 77.9 Å². The van der Waals surface area contributed by atoms with E-state index in [4.69, 9.17) is 5.11 Å². The second-order valence-electron chi connectivity index (χ2n) is 4.58. The second-order valence-corrected chi connectivity index (χ2v) is 6.49. The van der Waals surface area contributed by atoms with E-state index in [9.17, 15) is 17.6 Å². The average molecular weight is 302 g/mol. The Morgan fingerprint density at radius 1 is 1.25 bits per heavy atom. The van der Waals surface area contributed by atoms with E-state index in [0.29, 0.717) is 5.56 Å². The molecule has 1 N–H and O–H groups in total. The second kappa shape index (κ2) is 5.37. The van der Waals surface area contributed by atoms with Crippen LogP contribution in [0.25, 0.3) is 0 Å². The third-order valence-corrected chi connectivity index (χ3v) is 5.32. The van der Waals surface area contributed by atoms with Crippen LogP contribution in [0.3, 0.4) is 0 Å². The van der Waals surface area contributed by atoms with Crippen LogP contribution >= 0.6 is 0 Å². The van der Waals surface area contributed by atoms with Gasteiger partial charge >= 0.3 is 6.09 Å². The predicted octanol–water partition coefficient (Wildman–Crippen LogP) is 1.12. The molecular formula is C12H15FN2O4S. The number of amides is 1. The first-order chi connectivity index (χ1) is 9.32. The van der Waals surface area contributed by atoms with Crippen LogP contribution in [0.5, 0.6) is 0 Å². The Balaban J connectivity index is 2.24. The molecule has 110 valence electrons. The predicted molar refractivity (Wildman–Crippen MR) is 69.5 cm³/mol. The van der Waals surface area contributed by atoms with Crippen LogP contribution in [0.2, 0.25) is 0 Å². The van der Waals surface area contributed by atoms with Crippen molar-refractivity contribution in [1.29, 1.82) is 0 Å². The maximum Gasteiger partial charge on any atom is 0.407 e. The monoisotopic (exact) mass is 302 g/mol. The summed E-state index contributed by atoms with van der Waals surface area (Å²) in [5.41, 5.74) is 0.465. The smallest absolute Gasteiger partial charge is 0.407 e. The molecule has 1 heterocycles. The summed E-state index contributed by atoms with van der Waals surface area (Å²) >= 11 is 0. The summed E-state index contributed by atoms with van der Waals surface area (Å²) in [6.07, 6.45) is -1.07. The third-order valence-electron chi connectivity index (χ3n) is 3.28. The molecule has 1 saturated heterocycles. The fraction of sp³-hybridized carbons (Fsp3) is 0.417. The Kier molecular flexibility index (Phi) is 3.96. The molecule has 8 heteroatoms. The lowest BCUT2D eigenvalue weighted by atomic mass is 10.2. The standard InChI is InChI=1S/C12H15FN2O4S/c1-9-2-3-10(13)8-11(9)20(18,19)15-6-4-14(5-7-15)12(16)17/h2-3,8H,4-7H2,1H3,(H,16,17). The fourth-order valence-corrected chi connectivity index (χ4v) is 3.77. The van der Waals surface area contributed by atoms with E-state index in [1.807, 2.05) is 0 Å². The summed E-state index contributed by atoms with van der Waals surface area (Å²) in [6.45, 7) is 1.97. The van der Waals surface area contributed by atoms with Gasteiger partial charge in [-0.3, -0.25) is 0 Å². The van der Waals surface area contributed by atoms with E-state index in [-0.39, 0.29) is 31.1 Å². The molecular weight excluding hydrogens is 287 g/mol. The van der Waals surface area contributed by atoms with Gasteiger partial charge in [0, 0.05) is 26.2 Å². The maximum absolute atomic E-state index is 13.2. The van der Waals surface area contributed by atoms with Gasteiger partial charge in [-0.1, -0.05) is 6.07 Å². The molecule has 0 unspecified atom stereocenters. The third kappa shape index (κ3) is 2.75. The van der Waals surface area contributed by atoms with E-state index in [1.54, 1.807) is 6.92 Å². The van der Waals surface area contributed by atoms with Crippen molar-refractivity contribution in [1.82, 2.24) is 9.21 Å². The molecule has 0 aromatic heterocycles. The van der Waals surface area contributed by atoms with Crippen molar-refractivity contribution in [2.24, 2.45) is 0 Å². The largest absolute Gasteiger partial charge is 0.465 e. The molecule has 0 aliphatic carbocycles. The summed E-state index contributed by atoms with van der Waals surface area (Å²) < 4.78 is 39.3. The number of benzene rings is 1. The number of hydrogen-bond acceptors (Lipinski definition) is 3. The lowest BCUT2D eigenvalue weighted by molar-refractivity contribution is 0.126. The maximum atomic E-state index is 13.2. The van der Waals surface area contributed by atoms with Crippen LogP contribution in [0, 0.1) is 12.7 Å². The van der Waals surface area contributed by atoms with E-state index in [0.717, 1.165) is 11.0 Å². The van der Waals surface area contributed by atoms with Gasteiger partial charge in [-0.05, 0) is 24.6 Å². The molecule has 1 amide bonds. The lowest BCUT2D eigenvalue weighted by Gasteiger charge is -2.32. The Morgan fingerprint density at radius 3 is 2.40 bits per heavy atom. The zero-order valence-corrected chi connectivity index (χ0v) is 11.7. The Morgan fingerprint density at radius 2 is 1.85 bits per heavy atom. The van der Waals surface area contributed by atoms with E-state index in [2.05, 4.69) is 0 Å². The van der Waals surface area contributed by atoms with Gasteiger partial charge < -0.3 is 10.0 Å². The molecule has 1 aromatic carbocycles. The quantitative estimate of drug-likeness (QED) is 0.888. The SMILES string of the molecule is Cc1ccc(F)cc1S(=O)(=O)N1CCN(C(=O)O)CC1. The Bertz CT molecular complexity index is 624. The van der Waals surface area contributed by atoms with Crippen molar-refractivity contribution in [2.75, 3.05) is 26.2 Å². The van der Waals surface area contributed by atoms with Crippen molar-refractivity contribution in [3.8, 4) is 0 Å². The molecule has 0 saturated carbocycles. The number of carbonyl (C=O) groups is 1. The number of halogens is 1. The molecule has 1 aromatic rings. The van der Waals surface area contributed by atoms with E-state index < -0.39 is 21.9 Å². The molecule has 20 heavy (non-hydrogen) atoms. The first-order valence-electron chi connectivity index (χ1n) is 6.06.